The number of benzene rings is 2. The highest BCUT2D eigenvalue weighted by atomic mass is 16.5. The second-order valence-corrected chi connectivity index (χ2v) is 5.16. The van der Waals surface area contributed by atoms with E-state index in [1.54, 1.807) is 45.6 Å². The van der Waals surface area contributed by atoms with Crippen molar-refractivity contribution in [2.45, 2.75) is 0 Å². The fourth-order valence-electron chi connectivity index (χ4n) is 2.43. The van der Waals surface area contributed by atoms with Crippen molar-refractivity contribution in [3.8, 4) is 23.0 Å². The van der Waals surface area contributed by atoms with Crippen LogP contribution >= 0.6 is 0 Å². The summed E-state index contributed by atoms with van der Waals surface area (Å²) in [4.78, 5) is 0. The molecule has 0 aliphatic carbocycles. The van der Waals surface area contributed by atoms with Gasteiger partial charge < -0.3 is 29.0 Å². The fourth-order valence-corrected chi connectivity index (χ4v) is 2.43. The first-order valence-corrected chi connectivity index (χ1v) is 7.56. The molecule has 0 aliphatic rings. The molecule has 0 amide bonds. The molecule has 2 aromatic rings. The SMILES string of the molecule is COc1cc(OC)c(OC)cc1/C=C/c1ccc(OC)c(B(O)O)c1. The monoisotopic (exact) mass is 344 g/mol. The van der Waals surface area contributed by atoms with Crippen LogP contribution in [0.25, 0.3) is 12.2 Å². The van der Waals surface area contributed by atoms with Gasteiger partial charge in [0.15, 0.2) is 11.5 Å². The van der Waals surface area contributed by atoms with E-state index < -0.39 is 7.12 Å². The molecule has 0 heterocycles. The molecule has 2 rings (SSSR count). The van der Waals surface area contributed by atoms with Crippen molar-refractivity contribution in [3.63, 3.8) is 0 Å². The predicted molar refractivity (Wildman–Crippen MR) is 97.8 cm³/mol. The molecule has 0 radical (unpaired) electrons. The summed E-state index contributed by atoms with van der Waals surface area (Å²) in [7, 11) is 4.57. The number of ether oxygens (including phenoxy) is 4. The number of hydrogen-bond donors (Lipinski definition) is 2. The third kappa shape index (κ3) is 4.26. The van der Waals surface area contributed by atoms with E-state index in [0.29, 0.717) is 28.5 Å². The first-order valence-electron chi connectivity index (χ1n) is 7.56. The van der Waals surface area contributed by atoms with Gasteiger partial charge in [-0.2, -0.15) is 0 Å². The highest BCUT2D eigenvalue weighted by Gasteiger charge is 2.17. The van der Waals surface area contributed by atoms with Crippen LogP contribution in [0.1, 0.15) is 11.1 Å². The molecule has 132 valence electrons. The van der Waals surface area contributed by atoms with E-state index in [1.807, 2.05) is 18.2 Å². The molecule has 0 unspecified atom stereocenters. The van der Waals surface area contributed by atoms with Crippen LogP contribution in [0, 0.1) is 0 Å². The largest absolute Gasteiger partial charge is 0.497 e. The van der Waals surface area contributed by atoms with Gasteiger partial charge in [0, 0.05) is 17.1 Å². The van der Waals surface area contributed by atoms with Crippen LogP contribution in [0.2, 0.25) is 0 Å². The maximum atomic E-state index is 9.45. The zero-order valence-corrected chi connectivity index (χ0v) is 14.6. The second-order valence-electron chi connectivity index (χ2n) is 5.16. The number of rotatable bonds is 7. The van der Waals surface area contributed by atoms with Crippen LogP contribution < -0.4 is 24.4 Å². The normalized spacial score (nSPS) is 10.6. The Bertz CT molecular complexity index is 757. The molecular formula is C18H21BO6. The summed E-state index contributed by atoms with van der Waals surface area (Å²) < 4.78 is 21.1. The summed E-state index contributed by atoms with van der Waals surface area (Å²) in [5.74, 6) is 2.21. The summed E-state index contributed by atoms with van der Waals surface area (Å²) in [6.07, 6.45) is 3.67. The Morgan fingerprint density at radius 2 is 1.32 bits per heavy atom. The molecule has 0 saturated heterocycles. The molecule has 0 spiro atoms. The quantitative estimate of drug-likeness (QED) is 0.587. The van der Waals surface area contributed by atoms with Crippen LogP contribution in [0.4, 0.5) is 0 Å². The molecule has 0 fully saturated rings. The van der Waals surface area contributed by atoms with E-state index in [1.165, 1.54) is 7.11 Å². The van der Waals surface area contributed by atoms with Crippen molar-refractivity contribution in [2.75, 3.05) is 28.4 Å². The predicted octanol–water partition coefficient (Wildman–Crippen LogP) is 1.57. The lowest BCUT2D eigenvalue weighted by Gasteiger charge is -2.12. The molecule has 0 atom stereocenters. The van der Waals surface area contributed by atoms with E-state index >= 15 is 0 Å². The highest BCUT2D eigenvalue weighted by Crippen LogP contribution is 2.35. The van der Waals surface area contributed by atoms with Gasteiger partial charge in [0.25, 0.3) is 0 Å². The molecule has 2 N–H and O–H groups in total. The lowest BCUT2D eigenvalue weighted by atomic mass is 9.78. The van der Waals surface area contributed by atoms with Gasteiger partial charge in [0.1, 0.15) is 11.5 Å². The summed E-state index contributed by atoms with van der Waals surface area (Å²) in [5.41, 5.74) is 1.87. The molecule has 2 aromatic carbocycles. The van der Waals surface area contributed by atoms with Gasteiger partial charge in [0.05, 0.1) is 28.4 Å². The molecule has 0 aliphatic heterocycles. The summed E-state index contributed by atoms with van der Waals surface area (Å²) in [6.45, 7) is 0. The zero-order valence-electron chi connectivity index (χ0n) is 14.6. The summed E-state index contributed by atoms with van der Waals surface area (Å²) in [6, 6.07) is 8.69. The van der Waals surface area contributed by atoms with Crippen LogP contribution in [-0.4, -0.2) is 45.6 Å². The van der Waals surface area contributed by atoms with E-state index in [9.17, 15) is 10.0 Å². The standard InChI is InChI=1S/C18H21BO6/c1-22-15-8-6-12(9-14(15)19(20)21)5-7-13-10-17(24-3)18(25-4)11-16(13)23-2/h5-11,20-21H,1-4H3/b7-5+. The third-order valence-electron chi connectivity index (χ3n) is 3.72. The van der Waals surface area contributed by atoms with Crippen molar-refractivity contribution in [1.82, 2.24) is 0 Å². The van der Waals surface area contributed by atoms with Crippen LogP contribution in [0.5, 0.6) is 23.0 Å². The number of hydrogen-bond acceptors (Lipinski definition) is 6. The minimum atomic E-state index is -1.61. The first kappa shape index (κ1) is 18.7. The second kappa shape index (κ2) is 8.46. The average Bonchev–Trinajstić information content (AvgIpc) is 2.65. The van der Waals surface area contributed by atoms with Crippen LogP contribution in [0.15, 0.2) is 30.3 Å². The van der Waals surface area contributed by atoms with E-state index in [-0.39, 0.29) is 0 Å². The lowest BCUT2D eigenvalue weighted by Crippen LogP contribution is -2.31. The Balaban J connectivity index is 2.40. The maximum absolute atomic E-state index is 9.45. The Morgan fingerprint density at radius 1 is 0.720 bits per heavy atom. The van der Waals surface area contributed by atoms with Crippen LogP contribution in [0.3, 0.4) is 0 Å². The van der Waals surface area contributed by atoms with E-state index in [2.05, 4.69) is 0 Å². The summed E-state index contributed by atoms with van der Waals surface area (Å²) in [5, 5.41) is 18.9. The van der Waals surface area contributed by atoms with Crippen molar-refractivity contribution in [1.29, 1.82) is 0 Å². The lowest BCUT2D eigenvalue weighted by molar-refractivity contribution is 0.348. The molecule has 6 nitrogen and oxygen atoms in total. The van der Waals surface area contributed by atoms with Gasteiger partial charge in [-0.3, -0.25) is 0 Å². The maximum Gasteiger partial charge on any atom is 0.492 e. The molecule has 25 heavy (non-hydrogen) atoms. The highest BCUT2D eigenvalue weighted by molar-refractivity contribution is 6.59. The number of methoxy groups -OCH3 is 4. The smallest absolute Gasteiger partial charge is 0.492 e. The first-order chi connectivity index (χ1) is 12.0. The van der Waals surface area contributed by atoms with Gasteiger partial charge in [-0.25, -0.2) is 0 Å². The molecule has 0 saturated carbocycles. The average molecular weight is 344 g/mol. The van der Waals surface area contributed by atoms with Gasteiger partial charge in [-0.15, -0.1) is 0 Å². The van der Waals surface area contributed by atoms with E-state index in [4.69, 9.17) is 18.9 Å². The Morgan fingerprint density at radius 3 is 1.88 bits per heavy atom. The van der Waals surface area contributed by atoms with Gasteiger partial charge in [-0.1, -0.05) is 24.3 Å². The van der Waals surface area contributed by atoms with Crippen LogP contribution in [-0.2, 0) is 0 Å². The molecule has 7 heteroatoms. The fraction of sp³-hybridized carbons (Fsp3) is 0.222. The van der Waals surface area contributed by atoms with E-state index in [0.717, 1.165) is 11.1 Å². The van der Waals surface area contributed by atoms with Gasteiger partial charge >= 0.3 is 7.12 Å². The topological polar surface area (TPSA) is 77.4 Å². The van der Waals surface area contributed by atoms with Crippen molar-refractivity contribution < 1.29 is 29.0 Å². The Labute approximate surface area is 147 Å². The molecule has 0 aromatic heterocycles. The molecule has 0 bridgehead atoms. The zero-order chi connectivity index (χ0) is 18.4. The van der Waals surface area contributed by atoms with Crippen molar-refractivity contribution in [2.24, 2.45) is 0 Å². The van der Waals surface area contributed by atoms with Crippen molar-refractivity contribution in [3.05, 3.63) is 41.5 Å². The minimum Gasteiger partial charge on any atom is -0.497 e. The summed E-state index contributed by atoms with van der Waals surface area (Å²) >= 11 is 0. The van der Waals surface area contributed by atoms with Gasteiger partial charge in [-0.05, 0) is 17.7 Å². The van der Waals surface area contributed by atoms with Crippen molar-refractivity contribution >= 4 is 24.7 Å². The Kier molecular flexibility index (Phi) is 6.33. The Hall–Kier alpha value is -2.64. The minimum absolute atomic E-state index is 0.295. The van der Waals surface area contributed by atoms with Gasteiger partial charge in [0.2, 0.25) is 0 Å². The third-order valence-corrected chi connectivity index (χ3v) is 3.72. The molecular weight excluding hydrogens is 323 g/mol.